The van der Waals surface area contributed by atoms with Crippen molar-refractivity contribution in [1.29, 1.82) is 0 Å². The topological polar surface area (TPSA) is 71.1 Å². The van der Waals surface area contributed by atoms with Crippen LogP contribution in [0, 0.1) is 0 Å². The van der Waals surface area contributed by atoms with Gasteiger partial charge in [-0.25, -0.2) is 0 Å². The van der Waals surface area contributed by atoms with E-state index in [1.807, 2.05) is 60.7 Å². The van der Waals surface area contributed by atoms with E-state index in [9.17, 15) is 9.13 Å². The van der Waals surface area contributed by atoms with Gasteiger partial charge in [-0.3, -0.25) is 0 Å². The monoisotopic (exact) mass is 508 g/mol. The molecule has 0 spiro atoms. The Balaban J connectivity index is 1.52. The second kappa shape index (κ2) is 15.0. The third kappa shape index (κ3) is 10.6. The van der Waals surface area contributed by atoms with Gasteiger partial charge in [-0.2, -0.15) is 0 Å². The Labute approximate surface area is 204 Å². The summed E-state index contributed by atoms with van der Waals surface area (Å²) in [6, 6.07) is 19.9. The van der Waals surface area contributed by atoms with E-state index in [2.05, 4.69) is 0 Å². The third-order valence-electron chi connectivity index (χ3n) is 5.94. The molecule has 6 nitrogen and oxygen atoms in total. The molecule has 0 atom stereocenters. The highest BCUT2D eigenvalue weighted by atomic mass is 31.2. The van der Waals surface area contributed by atoms with Crippen LogP contribution in [0.1, 0.15) is 11.1 Å². The van der Waals surface area contributed by atoms with Gasteiger partial charge in [0.15, 0.2) is 0 Å². The molecular weight excluding hydrogens is 470 g/mol. The van der Waals surface area contributed by atoms with E-state index < -0.39 is 14.3 Å². The fraction of sp³-hybridized carbons (Fsp3) is 0.538. The number of hydrogen-bond acceptors (Lipinski definition) is 6. The van der Waals surface area contributed by atoms with E-state index in [0.717, 1.165) is 11.1 Å². The molecule has 3 rings (SSSR count). The molecule has 8 heteroatoms. The zero-order valence-electron chi connectivity index (χ0n) is 20.0. The van der Waals surface area contributed by atoms with Crippen molar-refractivity contribution in [1.82, 2.24) is 0 Å². The lowest BCUT2D eigenvalue weighted by atomic mass is 10.2. The Hall–Kier alpha value is -1.26. The first-order valence-electron chi connectivity index (χ1n) is 12.1. The summed E-state index contributed by atoms with van der Waals surface area (Å²) in [7, 11) is -4.93. The molecule has 1 aliphatic heterocycles. The second-order valence-electron chi connectivity index (χ2n) is 8.75. The molecule has 0 aromatic heterocycles. The average Bonchev–Trinajstić information content (AvgIpc) is 2.83. The van der Waals surface area contributed by atoms with Crippen molar-refractivity contribution in [2.75, 3.05) is 77.5 Å². The Morgan fingerprint density at radius 3 is 1.06 bits per heavy atom. The third-order valence-corrected chi connectivity index (χ3v) is 11.8. The van der Waals surface area contributed by atoms with Gasteiger partial charge in [0.05, 0.1) is 67.1 Å². The standard InChI is InChI=1S/C26H38O6P2/c27-33(23-25-7-3-1-4-8-25)19-15-29-11-13-31-17-21-34(28,24-26-9-5-2-6-10-26)22-18-32-14-12-30-16-20-33/h1-10H,11-24H2. The average molecular weight is 509 g/mol. The van der Waals surface area contributed by atoms with Gasteiger partial charge in [0, 0.05) is 37.0 Å². The van der Waals surface area contributed by atoms with E-state index in [4.69, 9.17) is 18.9 Å². The van der Waals surface area contributed by atoms with Crippen LogP contribution in [0.3, 0.4) is 0 Å². The van der Waals surface area contributed by atoms with Crippen molar-refractivity contribution in [3.05, 3.63) is 71.8 Å². The summed E-state index contributed by atoms with van der Waals surface area (Å²) in [4.78, 5) is 0. The SMILES string of the molecule is O=P1(Cc2ccccc2)CCOCCOCCP(=O)(Cc2ccccc2)CCOCCOCC1. The van der Waals surface area contributed by atoms with Crippen molar-refractivity contribution < 1.29 is 28.1 Å². The van der Waals surface area contributed by atoms with Gasteiger partial charge in [0.1, 0.15) is 0 Å². The molecule has 1 fully saturated rings. The van der Waals surface area contributed by atoms with E-state index >= 15 is 0 Å². The molecule has 0 amide bonds. The summed E-state index contributed by atoms with van der Waals surface area (Å²) in [6.45, 7) is 3.49. The summed E-state index contributed by atoms with van der Waals surface area (Å²) >= 11 is 0. The molecule has 0 radical (unpaired) electrons. The van der Waals surface area contributed by atoms with Crippen molar-refractivity contribution in [3.8, 4) is 0 Å². The highest BCUT2D eigenvalue weighted by Crippen LogP contribution is 2.49. The zero-order chi connectivity index (χ0) is 24.0. The molecular formula is C26H38O6P2. The molecule has 0 N–H and O–H groups in total. The zero-order valence-corrected chi connectivity index (χ0v) is 21.8. The molecule has 0 saturated carbocycles. The van der Waals surface area contributed by atoms with Crippen LogP contribution in [0.4, 0.5) is 0 Å². The molecule has 1 saturated heterocycles. The van der Waals surface area contributed by atoms with Gasteiger partial charge in [0.2, 0.25) is 0 Å². The number of ether oxygens (including phenoxy) is 4. The molecule has 0 aliphatic carbocycles. The largest absolute Gasteiger partial charge is 0.379 e. The summed E-state index contributed by atoms with van der Waals surface area (Å²) in [5.41, 5.74) is 2.17. The molecule has 1 aliphatic rings. The lowest BCUT2D eigenvalue weighted by molar-refractivity contribution is 0.0561. The van der Waals surface area contributed by atoms with Crippen LogP contribution in [-0.2, 0) is 40.4 Å². The van der Waals surface area contributed by atoms with Gasteiger partial charge in [-0.15, -0.1) is 0 Å². The van der Waals surface area contributed by atoms with E-state index in [1.165, 1.54) is 0 Å². The van der Waals surface area contributed by atoms with Gasteiger partial charge in [-0.1, -0.05) is 60.7 Å². The molecule has 0 unspecified atom stereocenters. The summed E-state index contributed by atoms with van der Waals surface area (Å²) in [6.07, 6.45) is 3.21. The second-order valence-corrected chi connectivity index (χ2v) is 15.4. The van der Waals surface area contributed by atoms with E-state index in [1.54, 1.807) is 0 Å². The Morgan fingerprint density at radius 1 is 0.471 bits per heavy atom. The number of benzene rings is 2. The summed E-state index contributed by atoms with van der Waals surface area (Å²) in [5, 5.41) is 0. The fourth-order valence-corrected chi connectivity index (χ4v) is 8.62. The van der Waals surface area contributed by atoms with Crippen LogP contribution < -0.4 is 0 Å². The Bertz CT molecular complexity index is 803. The normalized spacial score (nSPS) is 26.8. The first-order chi connectivity index (χ1) is 16.6. The van der Waals surface area contributed by atoms with E-state index in [-0.39, 0.29) is 0 Å². The maximum Gasteiger partial charge on any atom is 0.0964 e. The number of rotatable bonds is 4. The smallest absolute Gasteiger partial charge is 0.0964 e. The van der Waals surface area contributed by atoms with Crippen LogP contribution in [0.25, 0.3) is 0 Å². The van der Waals surface area contributed by atoms with E-state index in [0.29, 0.717) is 89.8 Å². The van der Waals surface area contributed by atoms with Crippen molar-refractivity contribution in [2.45, 2.75) is 12.3 Å². The van der Waals surface area contributed by atoms with Crippen molar-refractivity contribution in [2.24, 2.45) is 0 Å². The summed E-state index contributed by atoms with van der Waals surface area (Å²) in [5.74, 6) is 0. The maximum atomic E-state index is 13.6. The predicted molar refractivity (Wildman–Crippen MR) is 138 cm³/mol. The molecule has 1 heterocycles. The minimum Gasteiger partial charge on any atom is -0.379 e. The van der Waals surface area contributed by atoms with Crippen LogP contribution in [0.15, 0.2) is 60.7 Å². The van der Waals surface area contributed by atoms with Crippen molar-refractivity contribution in [3.63, 3.8) is 0 Å². The van der Waals surface area contributed by atoms with Crippen LogP contribution in [0.2, 0.25) is 0 Å². The highest BCUT2D eigenvalue weighted by Gasteiger charge is 2.24. The minimum atomic E-state index is -2.47. The lowest BCUT2D eigenvalue weighted by Crippen LogP contribution is -2.16. The van der Waals surface area contributed by atoms with Gasteiger partial charge in [-0.05, 0) is 11.1 Å². The molecule has 34 heavy (non-hydrogen) atoms. The predicted octanol–water partition coefficient (Wildman–Crippen LogP) is 5.19. The lowest BCUT2D eigenvalue weighted by Gasteiger charge is -2.20. The van der Waals surface area contributed by atoms with Gasteiger partial charge < -0.3 is 28.1 Å². The highest BCUT2D eigenvalue weighted by molar-refractivity contribution is 7.63. The van der Waals surface area contributed by atoms with Crippen LogP contribution >= 0.6 is 14.3 Å². The molecule has 0 bridgehead atoms. The Kier molecular flexibility index (Phi) is 12.0. The van der Waals surface area contributed by atoms with Gasteiger partial charge >= 0.3 is 0 Å². The van der Waals surface area contributed by atoms with Gasteiger partial charge in [0.25, 0.3) is 0 Å². The first-order valence-corrected chi connectivity index (χ1v) is 16.6. The maximum absolute atomic E-state index is 13.6. The van der Waals surface area contributed by atoms with Crippen LogP contribution in [0.5, 0.6) is 0 Å². The summed E-state index contributed by atoms with van der Waals surface area (Å²) < 4.78 is 50.1. The van der Waals surface area contributed by atoms with Crippen LogP contribution in [-0.4, -0.2) is 77.5 Å². The minimum absolute atomic E-state index is 0.434. The number of hydrogen-bond donors (Lipinski definition) is 0. The molecule has 2 aromatic carbocycles. The molecule has 2 aromatic rings. The fourth-order valence-electron chi connectivity index (χ4n) is 3.94. The van der Waals surface area contributed by atoms with Crippen molar-refractivity contribution >= 4 is 14.3 Å². The Morgan fingerprint density at radius 2 is 0.765 bits per heavy atom. The first kappa shape index (κ1) is 27.3. The molecule has 188 valence electrons. The quantitative estimate of drug-likeness (QED) is 0.530.